The molecule has 1 aromatic heterocycles. The Morgan fingerprint density at radius 1 is 1.48 bits per heavy atom. The Bertz CT molecular complexity index is 669. The summed E-state index contributed by atoms with van der Waals surface area (Å²) in [6.07, 6.45) is 1.44. The zero-order valence-corrected chi connectivity index (χ0v) is 11.4. The van der Waals surface area contributed by atoms with Crippen molar-refractivity contribution in [1.29, 1.82) is 0 Å². The van der Waals surface area contributed by atoms with Crippen LogP contribution in [-0.2, 0) is 6.54 Å². The van der Waals surface area contributed by atoms with E-state index in [9.17, 15) is 4.79 Å². The van der Waals surface area contributed by atoms with Crippen molar-refractivity contribution in [2.45, 2.75) is 6.54 Å². The van der Waals surface area contributed by atoms with E-state index in [-0.39, 0.29) is 19.1 Å². The SMILES string of the molecule is COc1ccc(C(=O)NCc2ccon2)cc1C#CCO. The molecular formula is C15H14N2O4. The van der Waals surface area contributed by atoms with Gasteiger partial charge in [0.15, 0.2) is 0 Å². The number of aromatic nitrogens is 1. The molecule has 0 aliphatic heterocycles. The Labute approximate surface area is 121 Å². The zero-order chi connectivity index (χ0) is 15.1. The van der Waals surface area contributed by atoms with E-state index in [1.54, 1.807) is 24.3 Å². The lowest BCUT2D eigenvalue weighted by Gasteiger charge is -2.07. The Morgan fingerprint density at radius 3 is 3.00 bits per heavy atom. The summed E-state index contributed by atoms with van der Waals surface area (Å²) in [6, 6.07) is 6.58. The quantitative estimate of drug-likeness (QED) is 0.818. The molecule has 21 heavy (non-hydrogen) atoms. The normalized spacial score (nSPS) is 9.62. The van der Waals surface area contributed by atoms with Gasteiger partial charge in [-0.05, 0) is 18.2 Å². The molecule has 0 bridgehead atoms. The highest BCUT2D eigenvalue weighted by atomic mass is 16.5. The van der Waals surface area contributed by atoms with E-state index in [0.29, 0.717) is 22.6 Å². The van der Waals surface area contributed by atoms with Crippen molar-refractivity contribution in [2.75, 3.05) is 13.7 Å². The molecule has 0 fully saturated rings. The highest BCUT2D eigenvalue weighted by molar-refractivity contribution is 5.94. The summed E-state index contributed by atoms with van der Waals surface area (Å²) in [5, 5.41) is 15.2. The number of carbonyl (C=O) groups excluding carboxylic acids is 1. The Kier molecular flexibility index (Phi) is 4.96. The second-order valence-corrected chi connectivity index (χ2v) is 4.05. The second-order valence-electron chi connectivity index (χ2n) is 4.05. The number of rotatable bonds is 4. The van der Waals surface area contributed by atoms with Crippen molar-refractivity contribution in [3.8, 4) is 17.6 Å². The number of ether oxygens (including phenoxy) is 1. The molecule has 0 aliphatic rings. The maximum atomic E-state index is 12.1. The van der Waals surface area contributed by atoms with Gasteiger partial charge in [0.2, 0.25) is 0 Å². The van der Waals surface area contributed by atoms with Crippen LogP contribution in [0, 0.1) is 11.8 Å². The smallest absolute Gasteiger partial charge is 0.251 e. The summed E-state index contributed by atoms with van der Waals surface area (Å²) in [5.74, 6) is 5.57. The third-order valence-electron chi connectivity index (χ3n) is 2.69. The van der Waals surface area contributed by atoms with Gasteiger partial charge in [-0.2, -0.15) is 0 Å². The number of hydrogen-bond acceptors (Lipinski definition) is 5. The zero-order valence-electron chi connectivity index (χ0n) is 11.4. The maximum absolute atomic E-state index is 12.1. The van der Waals surface area contributed by atoms with E-state index in [4.69, 9.17) is 9.84 Å². The number of hydrogen-bond donors (Lipinski definition) is 2. The van der Waals surface area contributed by atoms with Crippen LogP contribution in [0.25, 0.3) is 0 Å². The third-order valence-corrected chi connectivity index (χ3v) is 2.69. The summed E-state index contributed by atoms with van der Waals surface area (Å²) in [6.45, 7) is 0.0186. The summed E-state index contributed by atoms with van der Waals surface area (Å²) in [7, 11) is 1.52. The number of nitrogens with zero attached hydrogens (tertiary/aromatic N) is 1. The van der Waals surface area contributed by atoms with Crippen LogP contribution in [-0.4, -0.2) is 29.9 Å². The maximum Gasteiger partial charge on any atom is 0.251 e. The number of aliphatic hydroxyl groups excluding tert-OH is 1. The number of carbonyl (C=O) groups is 1. The molecule has 0 unspecified atom stereocenters. The minimum atomic E-state index is -0.258. The molecule has 6 heteroatoms. The molecular weight excluding hydrogens is 272 g/mol. The van der Waals surface area contributed by atoms with Crippen LogP contribution in [0.15, 0.2) is 35.1 Å². The van der Waals surface area contributed by atoms with E-state index in [0.717, 1.165) is 0 Å². The molecule has 108 valence electrons. The first-order valence-corrected chi connectivity index (χ1v) is 6.20. The lowest BCUT2D eigenvalue weighted by atomic mass is 10.1. The minimum absolute atomic E-state index is 0.257. The molecule has 6 nitrogen and oxygen atoms in total. The molecule has 1 amide bonds. The van der Waals surface area contributed by atoms with Crippen molar-refractivity contribution >= 4 is 5.91 Å². The first kappa shape index (κ1) is 14.6. The van der Waals surface area contributed by atoms with Gasteiger partial charge in [-0.1, -0.05) is 17.0 Å². The predicted octanol–water partition coefficient (Wildman–Crippen LogP) is 0.957. The van der Waals surface area contributed by atoms with Crippen molar-refractivity contribution in [2.24, 2.45) is 0 Å². The molecule has 2 rings (SSSR count). The van der Waals surface area contributed by atoms with Gasteiger partial charge < -0.3 is 19.7 Å². The average molecular weight is 286 g/mol. The molecule has 0 saturated heterocycles. The molecule has 1 heterocycles. The topological polar surface area (TPSA) is 84.6 Å². The van der Waals surface area contributed by atoms with Crippen LogP contribution in [0.2, 0.25) is 0 Å². The lowest BCUT2D eigenvalue weighted by molar-refractivity contribution is 0.0950. The van der Waals surface area contributed by atoms with E-state index < -0.39 is 0 Å². The van der Waals surface area contributed by atoms with Crippen LogP contribution in [0.5, 0.6) is 5.75 Å². The molecule has 0 radical (unpaired) electrons. The third kappa shape index (κ3) is 3.84. The average Bonchev–Trinajstić information content (AvgIpc) is 3.03. The van der Waals surface area contributed by atoms with Crippen LogP contribution < -0.4 is 10.1 Å². The fraction of sp³-hybridized carbons (Fsp3) is 0.200. The van der Waals surface area contributed by atoms with E-state index in [2.05, 4.69) is 26.8 Å². The molecule has 1 aromatic carbocycles. The van der Waals surface area contributed by atoms with E-state index in [1.807, 2.05) is 0 Å². The second kappa shape index (κ2) is 7.12. The number of benzene rings is 1. The van der Waals surface area contributed by atoms with Gasteiger partial charge in [-0.15, -0.1) is 0 Å². The van der Waals surface area contributed by atoms with Crippen molar-refractivity contribution in [3.05, 3.63) is 47.3 Å². The molecule has 2 N–H and O–H groups in total. The number of methoxy groups -OCH3 is 1. The van der Waals surface area contributed by atoms with Gasteiger partial charge in [-0.25, -0.2) is 0 Å². The first-order valence-electron chi connectivity index (χ1n) is 6.20. The van der Waals surface area contributed by atoms with Crippen molar-refractivity contribution in [3.63, 3.8) is 0 Å². The Morgan fingerprint density at radius 2 is 2.33 bits per heavy atom. The summed E-state index contributed by atoms with van der Waals surface area (Å²) in [5.41, 5.74) is 1.62. The molecule has 2 aromatic rings. The highest BCUT2D eigenvalue weighted by Crippen LogP contribution is 2.18. The van der Waals surface area contributed by atoms with Crippen molar-refractivity contribution < 1.29 is 19.2 Å². The summed E-state index contributed by atoms with van der Waals surface area (Å²) < 4.78 is 9.84. The van der Waals surface area contributed by atoms with Crippen LogP contribution in [0.3, 0.4) is 0 Å². The summed E-state index contributed by atoms with van der Waals surface area (Å²) in [4.78, 5) is 12.1. The largest absolute Gasteiger partial charge is 0.495 e. The summed E-state index contributed by atoms with van der Waals surface area (Å²) >= 11 is 0. The lowest BCUT2D eigenvalue weighted by Crippen LogP contribution is -2.23. The van der Waals surface area contributed by atoms with Crippen LogP contribution in [0.4, 0.5) is 0 Å². The van der Waals surface area contributed by atoms with Crippen LogP contribution >= 0.6 is 0 Å². The minimum Gasteiger partial charge on any atom is -0.495 e. The predicted molar refractivity (Wildman–Crippen MR) is 74.6 cm³/mol. The van der Waals surface area contributed by atoms with E-state index >= 15 is 0 Å². The van der Waals surface area contributed by atoms with Crippen LogP contribution in [0.1, 0.15) is 21.6 Å². The van der Waals surface area contributed by atoms with Crippen molar-refractivity contribution in [1.82, 2.24) is 10.5 Å². The first-order chi connectivity index (χ1) is 10.2. The monoisotopic (exact) mass is 286 g/mol. The molecule has 0 spiro atoms. The van der Waals surface area contributed by atoms with Gasteiger partial charge in [0, 0.05) is 11.6 Å². The standard InChI is InChI=1S/C15H14N2O4/c1-20-14-5-4-12(9-11(14)3-2-7-18)15(19)16-10-13-6-8-21-17-13/h4-6,8-9,18H,7,10H2,1H3,(H,16,19). The highest BCUT2D eigenvalue weighted by Gasteiger charge is 2.09. The van der Waals surface area contributed by atoms with Gasteiger partial charge in [-0.3, -0.25) is 4.79 Å². The van der Waals surface area contributed by atoms with Gasteiger partial charge >= 0.3 is 0 Å². The molecule has 0 saturated carbocycles. The fourth-order valence-corrected chi connectivity index (χ4v) is 1.68. The van der Waals surface area contributed by atoms with Gasteiger partial charge in [0.05, 0.1) is 19.2 Å². The molecule has 0 aliphatic carbocycles. The Balaban J connectivity index is 2.13. The van der Waals surface area contributed by atoms with Gasteiger partial charge in [0.1, 0.15) is 24.3 Å². The van der Waals surface area contributed by atoms with Gasteiger partial charge in [0.25, 0.3) is 5.91 Å². The fourth-order valence-electron chi connectivity index (χ4n) is 1.68. The number of aliphatic hydroxyl groups is 1. The number of nitrogens with one attached hydrogen (secondary N) is 1. The molecule has 0 atom stereocenters. The number of amides is 1. The van der Waals surface area contributed by atoms with E-state index in [1.165, 1.54) is 13.4 Å². The Hall–Kier alpha value is -2.78.